The number of pyridine rings is 2. The fourth-order valence-electron chi connectivity index (χ4n) is 2.67. The Bertz CT molecular complexity index is 1150. The molecule has 0 bridgehead atoms. The fraction of sp³-hybridized carbons (Fsp3) is 0.0435. The molecule has 3 heterocycles. The van der Waals surface area contributed by atoms with Crippen molar-refractivity contribution in [3.63, 3.8) is 0 Å². The highest BCUT2D eigenvalue weighted by Gasteiger charge is 2.09. The lowest BCUT2D eigenvalue weighted by molar-refractivity contribution is 0.306. The summed E-state index contributed by atoms with van der Waals surface area (Å²) in [5.74, 6) is 0.770. The molecule has 140 valence electrons. The third-order valence-corrected chi connectivity index (χ3v) is 5.05. The lowest BCUT2D eigenvalue weighted by atomic mass is 10.1. The van der Waals surface area contributed by atoms with Gasteiger partial charge in [-0.1, -0.05) is 12.1 Å². The third kappa shape index (κ3) is 4.72. The fourth-order valence-corrected chi connectivity index (χ4v) is 3.46. The van der Waals surface area contributed by atoms with Gasteiger partial charge in [-0.15, -0.1) is 11.3 Å². The van der Waals surface area contributed by atoms with Gasteiger partial charge in [0, 0.05) is 35.7 Å². The van der Waals surface area contributed by atoms with Crippen LogP contribution in [0, 0.1) is 11.3 Å². The van der Waals surface area contributed by atoms with Gasteiger partial charge in [-0.2, -0.15) is 5.26 Å². The number of allylic oxidation sites excluding steroid dienone is 1. The summed E-state index contributed by atoms with van der Waals surface area (Å²) >= 11 is 1.45. The number of thiazole rings is 1. The predicted octanol–water partition coefficient (Wildman–Crippen LogP) is 5.24. The maximum Gasteiger partial charge on any atom is 0.134 e. The van der Waals surface area contributed by atoms with Crippen LogP contribution in [-0.4, -0.2) is 15.0 Å². The van der Waals surface area contributed by atoms with Gasteiger partial charge in [0.15, 0.2) is 0 Å². The van der Waals surface area contributed by atoms with Crippen molar-refractivity contribution in [2.24, 2.45) is 0 Å². The van der Waals surface area contributed by atoms with Crippen LogP contribution in [0.15, 0.2) is 78.7 Å². The molecule has 3 aromatic heterocycles. The summed E-state index contributed by atoms with van der Waals surface area (Å²) in [6.07, 6.45) is 8.78. The molecule has 0 spiro atoms. The number of nitriles is 1. The topological polar surface area (TPSA) is 71.7 Å². The first-order chi connectivity index (χ1) is 14.3. The van der Waals surface area contributed by atoms with Crippen LogP contribution < -0.4 is 4.74 Å². The smallest absolute Gasteiger partial charge is 0.134 e. The maximum absolute atomic E-state index is 9.59. The number of nitrogens with zero attached hydrogens (tertiary/aromatic N) is 4. The minimum atomic E-state index is 0.484. The summed E-state index contributed by atoms with van der Waals surface area (Å²) in [5.41, 5.74) is 4.33. The summed E-state index contributed by atoms with van der Waals surface area (Å²) in [4.78, 5) is 12.6. The Balaban J connectivity index is 1.47. The van der Waals surface area contributed by atoms with Crippen molar-refractivity contribution in [2.45, 2.75) is 6.61 Å². The average molecular weight is 396 g/mol. The number of hydrogen-bond donors (Lipinski definition) is 0. The standard InChI is InChI=1S/C23H16N4OS/c24-14-20(23-27-22(16-29-23)19-7-11-26-12-8-19)13-17-1-3-21(4-2-17)28-15-18-5-9-25-10-6-18/h1-13,16H,15H2. The second-order valence-electron chi connectivity index (χ2n) is 6.16. The molecule has 0 amide bonds. The Kier molecular flexibility index (Phi) is 5.70. The van der Waals surface area contributed by atoms with Gasteiger partial charge in [0.25, 0.3) is 0 Å². The Hall–Kier alpha value is -3.82. The number of hydrogen-bond acceptors (Lipinski definition) is 6. The van der Waals surface area contributed by atoms with Crippen molar-refractivity contribution in [3.05, 3.63) is 94.8 Å². The molecule has 0 fully saturated rings. The zero-order valence-electron chi connectivity index (χ0n) is 15.4. The Morgan fingerprint density at radius 1 is 0.966 bits per heavy atom. The molecule has 0 radical (unpaired) electrons. The SMILES string of the molecule is N#CC(=Cc1ccc(OCc2ccncc2)cc1)c1nc(-c2ccncc2)cs1. The van der Waals surface area contributed by atoms with Crippen LogP contribution in [0.4, 0.5) is 0 Å². The molecule has 1 aromatic carbocycles. The number of ether oxygens (including phenoxy) is 1. The second-order valence-corrected chi connectivity index (χ2v) is 7.01. The summed E-state index contributed by atoms with van der Waals surface area (Å²) in [5, 5.41) is 12.2. The van der Waals surface area contributed by atoms with Crippen LogP contribution in [0.3, 0.4) is 0 Å². The molecule has 6 heteroatoms. The minimum absolute atomic E-state index is 0.484. The van der Waals surface area contributed by atoms with E-state index in [0.29, 0.717) is 17.2 Å². The summed E-state index contributed by atoms with van der Waals surface area (Å²) < 4.78 is 5.79. The van der Waals surface area contributed by atoms with E-state index in [1.807, 2.05) is 60.0 Å². The monoisotopic (exact) mass is 396 g/mol. The van der Waals surface area contributed by atoms with Gasteiger partial charge in [-0.05, 0) is 53.6 Å². The van der Waals surface area contributed by atoms with Gasteiger partial charge in [-0.3, -0.25) is 9.97 Å². The molecule has 29 heavy (non-hydrogen) atoms. The van der Waals surface area contributed by atoms with Gasteiger partial charge in [0.1, 0.15) is 23.4 Å². The molecular formula is C23H16N4OS. The molecule has 0 atom stereocenters. The van der Waals surface area contributed by atoms with Crippen molar-refractivity contribution in [3.8, 4) is 23.1 Å². The van der Waals surface area contributed by atoms with E-state index < -0.39 is 0 Å². The van der Waals surface area contributed by atoms with Crippen LogP contribution in [0.25, 0.3) is 22.9 Å². The Morgan fingerprint density at radius 3 is 2.34 bits per heavy atom. The summed E-state index contributed by atoms with van der Waals surface area (Å²) in [6.45, 7) is 0.484. The van der Waals surface area contributed by atoms with E-state index in [2.05, 4.69) is 21.0 Å². The molecule has 0 saturated carbocycles. The van der Waals surface area contributed by atoms with Gasteiger partial charge in [0.2, 0.25) is 0 Å². The summed E-state index contributed by atoms with van der Waals surface area (Å²) in [7, 11) is 0. The minimum Gasteiger partial charge on any atom is -0.489 e. The van der Waals surface area contributed by atoms with Crippen molar-refractivity contribution in [1.82, 2.24) is 15.0 Å². The largest absolute Gasteiger partial charge is 0.489 e. The Morgan fingerprint density at radius 2 is 1.66 bits per heavy atom. The normalized spacial score (nSPS) is 11.1. The highest BCUT2D eigenvalue weighted by atomic mass is 32.1. The van der Waals surface area contributed by atoms with Gasteiger partial charge >= 0.3 is 0 Å². The third-order valence-electron chi connectivity index (χ3n) is 4.18. The van der Waals surface area contributed by atoms with Gasteiger partial charge in [-0.25, -0.2) is 4.98 Å². The lowest BCUT2D eigenvalue weighted by Crippen LogP contribution is -1.95. The molecule has 0 aliphatic carbocycles. The van der Waals surface area contributed by atoms with Crippen LogP contribution in [0.5, 0.6) is 5.75 Å². The van der Waals surface area contributed by atoms with E-state index in [0.717, 1.165) is 28.1 Å². The molecule has 0 N–H and O–H groups in total. The molecule has 0 aliphatic heterocycles. The number of benzene rings is 1. The zero-order valence-corrected chi connectivity index (χ0v) is 16.2. The molecule has 4 rings (SSSR count). The first kappa shape index (κ1) is 18.5. The van der Waals surface area contributed by atoms with E-state index in [-0.39, 0.29) is 0 Å². The molecular weight excluding hydrogens is 380 g/mol. The van der Waals surface area contributed by atoms with Crippen molar-refractivity contribution in [2.75, 3.05) is 0 Å². The summed E-state index contributed by atoms with van der Waals surface area (Å²) in [6, 6.07) is 17.5. The van der Waals surface area contributed by atoms with Crippen LogP contribution >= 0.6 is 11.3 Å². The highest BCUT2D eigenvalue weighted by molar-refractivity contribution is 7.11. The van der Waals surface area contributed by atoms with Gasteiger partial charge in [0.05, 0.1) is 11.3 Å². The lowest BCUT2D eigenvalue weighted by Gasteiger charge is -2.06. The van der Waals surface area contributed by atoms with E-state index in [1.54, 1.807) is 24.8 Å². The second kappa shape index (κ2) is 8.91. The van der Waals surface area contributed by atoms with Crippen molar-refractivity contribution >= 4 is 23.0 Å². The molecule has 4 aromatic rings. The molecule has 5 nitrogen and oxygen atoms in total. The van der Waals surface area contributed by atoms with E-state index >= 15 is 0 Å². The van der Waals surface area contributed by atoms with E-state index in [4.69, 9.17) is 4.74 Å². The van der Waals surface area contributed by atoms with Crippen LogP contribution in [0.2, 0.25) is 0 Å². The van der Waals surface area contributed by atoms with Crippen molar-refractivity contribution in [1.29, 1.82) is 5.26 Å². The Labute approximate surface area is 172 Å². The maximum atomic E-state index is 9.59. The molecule has 0 unspecified atom stereocenters. The number of rotatable bonds is 6. The zero-order chi connectivity index (χ0) is 19.9. The quantitative estimate of drug-likeness (QED) is 0.417. The first-order valence-electron chi connectivity index (χ1n) is 8.92. The van der Waals surface area contributed by atoms with Crippen LogP contribution in [0.1, 0.15) is 16.1 Å². The molecule has 0 aliphatic rings. The van der Waals surface area contributed by atoms with Gasteiger partial charge < -0.3 is 4.74 Å². The van der Waals surface area contributed by atoms with Crippen LogP contribution in [-0.2, 0) is 6.61 Å². The van der Waals surface area contributed by atoms with Crippen molar-refractivity contribution < 1.29 is 4.74 Å². The van der Waals surface area contributed by atoms with E-state index in [1.165, 1.54) is 11.3 Å². The van der Waals surface area contributed by atoms with E-state index in [9.17, 15) is 5.26 Å². The average Bonchev–Trinajstić information content (AvgIpc) is 3.28. The highest BCUT2D eigenvalue weighted by Crippen LogP contribution is 2.27. The number of aromatic nitrogens is 3. The molecule has 0 saturated heterocycles. The predicted molar refractivity (Wildman–Crippen MR) is 114 cm³/mol. The first-order valence-corrected chi connectivity index (χ1v) is 9.79.